The molecule has 1 N–H and O–H groups in total. The molecule has 1 atom stereocenters. The first-order valence-electron chi connectivity index (χ1n) is 11.8. The number of nitrogens with zero attached hydrogens (tertiary/aromatic N) is 4. The van der Waals surface area contributed by atoms with Gasteiger partial charge in [-0.25, -0.2) is 9.07 Å². The highest BCUT2D eigenvalue weighted by atomic mass is 19.1. The third-order valence-corrected chi connectivity index (χ3v) is 5.70. The summed E-state index contributed by atoms with van der Waals surface area (Å²) in [6.45, 7) is 3.13. The van der Waals surface area contributed by atoms with Gasteiger partial charge in [-0.05, 0) is 55.3 Å². The molecule has 0 radical (unpaired) electrons. The summed E-state index contributed by atoms with van der Waals surface area (Å²) in [6, 6.07) is 21.1. The lowest BCUT2D eigenvalue weighted by Gasteiger charge is -2.31. The number of hydrogen-bond donors (Lipinski definition) is 1. The van der Waals surface area contributed by atoms with Crippen LogP contribution in [0, 0.1) is 5.82 Å². The minimum atomic E-state index is -0.917. The molecular formula is C27H28FN5O3. The quantitative estimate of drug-likeness (QED) is 0.319. The van der Waals surface area contributed by atoms with Crippen LogP contribution in [-0.4, -0.2) is 51.5 Å². The zero-order valence-corrected chi connectivity index (χ0v) is 20.0. The summed E-state index contributed by atoms with van der Waals surface area (Å²) in [5.41, 5.74) is 2.51. The van der Waals surface area contributed by atoms with E-state index in [2.05, 4.69) is 15.6 Å². The van der Waals surface area contributed by atoms with Crippen LogP contribution in [0.3, 0.4) is 0 Å². The molecule has 0 spiro atoms. The van der Waals surface area contributed by atoms with E-state index in [4.69, 9.17) is 4.74 Å². The van der Waals surface area contributed by atoms with Gasteiger partial charge in [-0.2, -0.15) is 0 Å². The molecule has 1 unspecified atom stereocenters. The van der Waals surface area contributed by atoms with Crippen LogP contribution >= 0.6 is 0 Å². The van der Waals surface area contributed by atoms with Gasteiger partial charge in [0.1, 0.15) is 23.9 Å². The third kappa shape index (κ3) is 6.11. The largest absolute Gasteiger partial charge is 0.382 e. The van der Waals surface area contributed by atoms with Crippen LogP contribution in [0.2, 0.25) is 0 Å². The first-order chi connectivity index (χ1) is 17.6. The smallest absolute Gasteiger partial charge is 0.251 e. The highest BCUT2D eigenvalue weighted by Gasteiger charge is 2.31. The fourth-order valence-corrected chi connectivity index (χ4v) is 3.98. The number of hydrogen-bond acceptors (Lipinski definition) is 5. The van der Waals surface area contributed by atoms with Gasteiger partial charge in [-0.15, -0.1) is 5.10 Å². The normalized spacial score (nSPS) is 11.8. The Morgan fingerprint density at radius 1 is 1.03 bits per heavy atom. The van der Waals surface area contributed by atoms with Gasteiger partial charge in [0.15, 0.2) is 0 Å². The van der Waals surface area contributed by atoms with E-state index in [0.29, 0.717) is 42.9 Å². The molecule has 0 saturated carbocycles. The Morgan fingerprint density at radius 3 is 2.50 bits per heavy atom. The number of fused-ring (bicyclic) bond motifs is 1. The maximum Gasteiger partial charge on any atom is 0.251 e. The van der Waals surface area contributed by atoms with Gasteiger partial charge in [0, 0.05) is 25.4 Å². The molecule has 3 aromatic carbocycles. The van der Waals surface area contributed by atoms with E-state index in [0.717, 1.165) is 5.52 Å². The van der Waals surface area contributed by atoms with E-state index in [9.17, 15) is 14.0 Å². The van der Waals surface area contributed by atoms with Crippen LogP contribution in [-0.2, 0) is 20.9 Å². The average Bonchev–Trinajstić information content (AvgIpc) is 3.30. The van der Waals surface area contributed by atoms with E-state index in [-0.39, 0.29) is 12.5 Å². The number of anilines is 1. The second-order valence-electron chi connectivity index (χ2n) is 8.18. The molecule has 186 valence electrons. The Bertz CT molecular complexity index is 1290. The molecule has 2 amide bonds. The summed E-state index contributed by atoms with van der Waals surface area (Å²) in [4.78, 5) is 28.8. The molecule has 36 heavy (non-hydrogen) atoms. The second kappa shape index (κ2) is 12.0. The van der Waals surface area contributed by atoms with E-state index in [1.165, 1.54) is 28.9 Å². The standard InChI is InChI=1S/C27H28FN5O3/c1-2-36-18-8-17-32(25(34)19-33-24-12-7-6-11-23(24)30-31-33)26(20-9-4-3-5-10-20)27(35)29-22-15-13-21(28)14-16-22/h3-7,9-16,26H,2,8,17-19H2,1H3,(H,29,35). The molecule has 9 heteroatoms. The zero-order valence-electron chi connectivity index (χ0n) is 20.0. The van der Waals surface area contributed by atoms with Crippen LogP contribution in [0.5, 0.6) is 0 Å². The van der Waals surface area contributed by atoms with Crippen molar-refractivity contribution in [2.24, 2.45) is 0 Å². The molecule has 0 aliphatic carbocycles. The van der Waals surface area contributed by atoms with Crippen LogP contribution in [0.25, 0.3) is 11.0 Å². The van der Waals surface area contributed by atoms with E-state index in [1.54, 1.807) is 4.90 Å². The van der Waals surface area contributed by atoms with Crippen molar-refractivity contribution < 1.29 is 18.7 Å². The number of carbonyl (C=O) groups excluding carboxylic acids is 2. The van der Waals surface area contributed by atoms with Gasteiger partial charge in [0.05, 0.1) is 5.52 Å². The third-order valence-electron chi connectivity index (χ3n) is 5.70. The molecule has 4 rings (SSSR count). The molecule has 8 nitrogen and oxygen atoms in total. The Morgan fingerprint density at radius 2 is 1.75 bits per heavy atom. The van der Waals surface area contributed by atoms with Crippen molar-refractivity contribution in [1.82, 2.24) is 19.9 Å². The summed E-state index contributed by atoms with van der Waals surface area (Å²) in [7, 11) is 0. The van der Waals surface area contributed by atoms with E-state index >= 15 is 0 Å². The lowest BCUT2D eigenvalue weighted by molar-refractivity contribution is -0.139. The van der Waals surface area contributed by atoms with Gasteiger partial charge in [0.2, 0.25) is 5.91 Å². The molecule has 0 bridgehead atoms. The molecule has 4 aromatic rings. The van der Waals surface area contributed by atoms with Crippen molar-refractivity contribution in [2.75, 3.05) is 25.1 Å². The summed E-state index contributed by atoms with van der Waals surface area (Å²) < 4.78 is 20.4. The lowest BCUT2D eigenvalue weighted by atomic mass is 10.0. The van der Waals surface area contributed by atoms with Gasteiger partial charge < -0.3 is 15.0 Å². The second-order valence-corrected chi connectivity index (χ2v) is 8.18. The number of para-hydroxylation sites is 1. The molecule has 1 heterocycles. The molecule has 1 aromatic heterocycles. The van der Waals surface area contributed by atoms with Crippen molar-refractivity contribution >= 4 is 28.5 Å². The number of carbonyl (C=O) groups is 2. The fraction of sp³-hybridized carbons (Fsp3) is 0.259. The van der Waals surface area contributed by atoms with Gasteiger partial charge in [0.25, 0.3) is 5.91 Å². The number of rotatable bonds is 11. The zero-order chi connectivity index (χ0) is 25.3. The number of nitrogens with one attached hydrogen (secondary N) is 1. The number of benzene rings is 3. The van der Waals surface area contributed by atoms with Crippen molar-refractivity contribution in [1.29, 1.82) is 0 Å². The predicted octanol–water partition coefficient (Wildman–Crippen LogP) is 4.21. The van der Waals surface area contributed by atoms with Gasteiger partial charge in [-0.1, -0.05) is 47.7 Å². The SMILES string of the molecule is CCOCCCN(C(=O)Cn1nnc2ccccc21)C(C(=O)Nc1ccc(F)cc1)c1ccccc1. The topological polar surface area (TPSA) is 89.3 Å². The van der Waals surface area contributed by atoms with Crippen molar-refractivity contribution in [3.05, 3.63) is 90.2 Å². The summed E-state index contributed by atoms with van der Waals surface area (Å²) in [5, 5.41) is 11.1. The number of amides is 2. The monoisotopic (exact) mass is 489 g/mol. The van der Waals surface area contributed by atoms with Crippen LogP contribution in [0.4, 0.5) is 10.1 Å². The first-order valence-corrected chi connectivity index (χ1v) is 11.8. The minimum Gasteiger partial charge on any atom is -0.382 e. The Labute approximate surface area is 208 Å². The molecule has 0 aliphatic heterocycles. The minimum absolute atomic E-state index is 0.0810. The number of halogens is 1. The summed E-state index contributed by atoms with van der Waals surface area (Å²) >= 11 is 0. The number of ether oxygens (including phenoxy) is 1. The predicted molar refractivity (Wildman–Crippen MR) is 135 cm³/mol. The summed E-state index contributed by atoms with van der Waals surface area (Å²) in [5.74, 6) is -1.09. The van der Waals surface area contributed by atoms with Crippen molar-refractivity contribution in [3.8, 4) is 0 Å². The average molecular weight is 490 g/mol. The van der Waals surface area contributed by atoms with E-state index in [1.807, 2.05) is 61.5 Å². The molecule has 0 aliphatic rings. The maximum atomic E-state index is 13.7. The molecular weight excluding hydrogens is 461 g/mol. The van der Waals surface area contributed by atoms with E-state index < -0.39 is 17.8 Å². The van der Waals surface area contributed by atoms with Crippen molar-refractivity contribution in [2.45, 2.75) is 25.9 Å². The molecule has 0 saturated heterocycles. The Kier molecular flexibility index (Phi) is 8.36. The van der Waals surface area contributed by atoms with Crippen molar-refractivity contribution in [3.63, 3.8) is 0 Å². The lowest BCUT2D eigenvalue weighted by Crippen LogP contribution is -2.43. The van der Waals surface area contributed by atoms with Gasteiger partial charge >= 0.3 is 0 Å². The van der Waals surface area contributed by atoms with Crippen LogP contribution in [0.1, 0.15) is 24.9 Å². The van der Waals surface area contributed by atoms with Crippen LogP contribution in [0.15, 0.2) is 78.9 Å². The Hall–Kier alpha value is -4.11. The number of aromatic nitrogens is 3. The summed E-state index contributed by atoms with van der Waals surface area (Å²) in [6.07, 6.45) is 0.546. The maximum absolute atomic E-state index is 13.7. The van der Waals surface area contributed by atoms with Crippen LogP contribution < -0.4 is 5.32 Å². The Balaban J connectivity index is 1.65. The highest BCUT2D eigenvalue weighted by Crippen LogP contribution is 2.25. The molecule has 0 fully saturated rings. The van der Waals surface area contributed by atoms with Gasteiger partial charge in [-0.3, -0.25) is 9.59 Å². The fourth-order valence-electron chi connectivity index (χ4n) is 3.98. The highest BCUT2D eigenvalue weighted by molar-refractivity contribution is 5.98. The first kappa shape index (κ1) is 25.0.